The topological polar surface area (TPSA) is 111 Å². The molecule has 2 aliphatic rings. The minimum absolute atomic E-state index is 0.231. The molecule has 0 saturated carbocycles. The van der Waals surface area contributed by atoms with Gasteiger partial charge in [0, 0.05) is 48.1 Å². The van der Waals surface area contributed by atoms with Crippen molar-refractivity contribution in [1.82, 2.24) is 30.1 Å². The molecular formula is C32H46ClN7O2S. The van der Waals surface area contributed by atoms with Gasteiger partial charge < -0.3 is 15.0 Å². The molecule has 234 valence electrons. The van der Waals surface area contributed by atoms with Gasteiger partial charge in [0.05, 0.1) is 22.8 Å². The minimum Gasteiger partial charge on any atom is -0.508 e. The van der Waals surface area contributed by atoms with Crippen molar-refractivity contribution in [2.45, 2.75) is 79.1 Å². The average molecular weight is 628 g/mol. The van der Waals surface area contributed by atoms with E-state index in [1.807, 2.05) is 65.0 Å². The molecule has 4 N–H and O–H groups in total. The summed E-state index contributed by atoms with van der Waals surface area (Å²) >= 11 is 7.55. The molecular weight excluding hydrogens is 582 g/mol. The molecule has 0 amide bonds. The van der Waals surface area contributed by atoms with Gasteiger partial charge in [0.2, 0.25) is 5.95 Å². The molecule has 0 unspecified atom stereocenters. The number of nitrogens with one attached hydrogen (secondary N) is 2. The second-order valence-electron chi connectivity index (χ2n) is 9.24. The number of anilines is 1. The number of benzene rings is 1. The third-order valence-electron chi connectivity index (χ3n) is 5.74. The Morgan fingerprint density at radius 3 is 2.58 bits per heavy atom. The van der Waals surface area contributed by atoms with E-state index in [9.17, 15) is 10.3 Å². The van der Waals surface area contributed by atoms with E-state index >= 15 is 0 Å². The summed E-state index contributed by atoms with van der Waals surface area (Å²) in [7, 11) is 0. The van der Waals surface area contributed by atoms with Crippen molar-refractivity contribution in [1.29, 1.82) is 0 Å². The van der Waals surface area contributed by atoms with Crippen molar-refractivity contribution < 1.29 is 10.3 Å². The van der Waals surface area contributed by atoms with Gasteiger partial charge in [0.25, 0.3) is 0 Å². The SMILES string of the molecule is CC.CC.CC(C)Nc1nccc(-c2c(-c3cccc(O)c3)nc3n2CCS3)n1.CCCNN(O)C1=CC=C(Cl)C=CC1. The van der Waals surface area contributed by atoms with Gasteiger partial charge in [-0.15, -0.1) is 0 Å². The van der Waals surface area contributed by atoms with E-state index in [4.69, 9.17) is 16.6 Å². The molecule has 3 heterocycles. The lowest BCUT2D eigenvalue weighted by Crippen LogP contribution is -2.34. The van der Waals surface area contributed by atoms with Crippen LogP contribution in [0.4, 0.5) is 5.95 Å². The second-order valence-corrected chi connectivity index (χ2v) is 10.7. The summed E-state index contributed by atoms with van der Waals surface area (Å²) in [5.41, 5.74) is 7.17. The van der Waals surface area contributed by atoms with Crippen LogP contribution in [0.3, 0.4) is 0 Å². The quantitative estimate of drug-likeness (QED) is 0.183. The van der Waals surface area contributed by atoms with Crippen LogP contribution in [0.15, 0.2) is 76.7 Å². The monoisotopic (exact) mass is 627 g/mol. The van der Waals surface area contributed by atoms with Crippen LogP contribution in [0.1, 0.15) is 61.3 Å². The fraction of sp³-hybridized carbons (Fsp3) is 0.406. The Bertz CT molecular complexity index is 1370. The highest BCUT2D eigenvalue weighted by Crippen LogP contribution is 2.39. The van der Waals surface area contributed by atoms with Gasteiger partial charge in [0.15, 0.2) is 5.16 Å². The number of nitrogens with zero attached hydrogens (tertiary/aromatic N) is 5. The Labute approximate surface area is 265 Å². The molecule has 0 bridgehead atoms. The second kappa shape index (κ2) is 19.1. The molecule has 0 atom stereocenters. The van der Waals surface area contributed by atoms with E-state index < -0.39 is 0 Å². The number of phenolic OH excluding ortho intramolecular Hbond substituents is 1. The van der Waals surface area contributed by atoms with Gasteiger partial charge in [-0.25, -0.2) is 20.4 Å². The number of aromatic hydroxyl groups is 1. The van der Waals surface area contributed by atoms with E-state index in [2.05, 4.69) is 39.1 Å². The maximum atomic E-state index is 9.85. The summed E-state index contributed by atoms with van der Waals surface area (Å²) in [5.74, 6) is 1.85. The first-order valence-corrected chi connectivity index (χ1v) is 16.3. The predicted molar refractivity (Wildman–Crippen MR) is 180 cm³/mol. The van der Waals surface area contributed by atoms with Gasteiger partial charge in [-0.1, -0.05) is 76.2 Å². The molecule has 1 aliphatic carbocycles. The Morgan fingerprint density at radius 1 is 1.12 bits per heavy atom. The van der Waals surface area contributed by atoms with Crippen LogP contribution in [0.5, 0.6) is 5.75 Å². The third-order valence-corrected chi connectivity index (χ3v) is 6.95. The highest BCUT2D eigenvalue weighted by Gasteiger charge is 2.25. The van der Waals surface area contributed by atoms with E-state index in [1.165, 1.54) is 0 Å². The number of halogens is 1. The molecule has 1 aromatic carbocycles. The summed E-state index contributed by atoms with van der Waals surface area (Å²) in [6, 6.07) is 9.36. The molecule has 43 heavy (non-hydrogen) atoms. The zero-order chi connectivity index (χ0) is 31.8. The Kier molecular flexibility index (Phi) is 15.9. The number of allylic oxidation sites excluding steroid dienone is 5. The lowest BCUT2D eigenvalue weighted by atomic mass is 10.1. The van der Waals surface area contributed by atoms with Crippen molar-refractivity contribution in [3.8, 4) is 28.4 Å². The van der Waals surface area contributed by atoms with Crippen molar-refractivity contribution in [2.24, 2.45) is 0 Å². The maximum Gasteiger partial charge on any atom is 0.223 e. The molecule has 11 heteroatoms. The molecule has 0 radical (unpaired) electrons. The molecule has 1 aliphatic heterocycles. The van der Waals surface area contributed by atoms with Crippen LogP contribution in [0.25, 0.3) is 22.6 Å². The average Bonchev–Trinajstić information content (AvgIpc) is 3.54. The van der Waals surface area contributed by atoms with E-state index in [-0.39, 0.29) is 11.8 Å². The normalized spacial score (nSPS) is 13.2. The molecule has 5 rings (SSSR count). The van der Waals surface area contributed by atoms with E-state index in [0.29, 0.717) is 17.4 Å². The number of hydroxylamine groups is 1. The first kappa shape index (κ1) is 35.9. The number of aromatic nitrogens is 4. The van der Waals surface area contributed by atoms with Crippen molar-refractivity contribution in [3.63, 3.8) is 0 Å². The van der Waals surface area contributed by atoms with Crippen molar-refractivity contribution in [3.05, 3.63) is 71.6 Å². The largest absolute Gasteiger partial charge is 0.508 e. The van der Waals surface area contributed by atoms with Crippen LogP contribution in [0.2, 0.25) is 0 Å². The Hall–Kier alpha value is -3.31. The van der Waals surface area contributed by atoms with Crippen LogP contribution >= 0.6 is 23.4 Å². The van der Waals surface area contributed by atoms with Gasteiger partial charge in [0.1, 0.15) is 5.75 Å². The van der Waals surface area contributed by atoms with Gasteiger partial charge in [-0.2, -0.15) is 5.17 Å². The van der Waals surface area contributed by atoms with Crippen LogP contribution in [-0.2, 0) is 6.54 Å². The van der Waals surface area contributed by atoms with E-state index in [0.717, 1.165) is 63.9 Å². The predicted octanol–water partition coefficient (Wildman–Crippen LogP) is 8.25. The van der Waals surface area contributed by atoms with Crippen LogP contribution < -0.4 is 10.7 Å². The lowest BCUT2D eigenvalue weighted by molar-refractivity contribution is -0.104. The number of thioether (sulfide) groups is 1. The number of fused-ring (bicyclic) bond motifs is 1. The molecule has 0 spiro atoms. The van der Waals surface area contributed by atoms with Crippen molar-refractivity contribution >= 4 is 29.3 Å². The third kappa shape index (κ3) is 10.7. The zero-order valence-corrected chi connectivity index (χ0v) is 27.9. The number of rotatable bonds is 8. The number of hydrogen-bond acceptors (Lipinski definition) is 9. The fourth-order valence-electron chi connectivity index (χ4n) is 3.98. The first-order valence-electron chi connectivity index (χ1n) is 14.9. The van der Waals surface area contributed by atoms with E-state index in [1.54, 1.807) is 42.2 Å². The zero-order valence-electron chi connectivity index (χ0n) is 26.3. The van der Waals surface area contributed by atoms with Gasteiger partial charge >= 0.3 is 0 Å². The summed E-state index contributed by atoms with van der Waals surface area (Å²) < 4.78 is 2.20. The van der Waals surface area contributed by atoms with Crippen LogP contribution in [-0.4, -0.2) is 53.3 Å². The molecule has 3 aromatic rings. The maximum absolute atomic E-state index is 9.85. The Morgan fingerprint density at radius 2 is 1.88 bits per heavy atom. The molecule has 0 fully saturated rings. The van der Waals surface area contributed by atoms with Gasteiger partial charge in [-0.3, -0.25) is 5.21 Å². The van der Waals surface area contributed by atoms with Crippen molar-refractivity contribution in [2.75, 3.05) is 17.6 Å². The summed E-state index contributed by atoms with van der Waals surface area (Å²) in [4.78, 5) is 13.8. The number of imidazole rings is 1. The standard InChI is InChI=1S/C18H19N5OS.C10H15ClN2O.2C2H6/c1-11(2)20-17-19-7-6-14(21-17)16-15(12-4-3-5-13(24)10-12)22-18-23(16)8-9-25-18;1-2-8-12-13(14)10-5-3-4-9(11)6-7-10;2*1-2/h3-7,10-11,24H,8-9H2,1-2H3,(H,19,20,21);3-4,6-7,12,14H,2,5,8H2,1H3;2*1-2H3. The fourth-order valence-corrected chi connectivity index (χ4v) is 5.08. The molecule has 0 saturated heterocycles. The number of hydrazine groups is 1. The van der Waals surface area contributed by atoms with Crippen LogP contribution in [0, 0.1) is 0 Å². The number of hydrogen-bond donors (Lipinski definition) is 4. The Balaban J connectivity index is 0.000000306. The minimum atomic E-state index is 0.231. The summed E-state index contributed by atoms with van der Waals surface area (Å²) in [6.07, 6.45) is 10.7. The highest BCUT2D eigenvalue weighted by atomic mass is 35.5. The molecule has 9 nitrogen and oxygen atoms in total. The lowest BCUT2D eigenvalue weighted by Gasteiger charge is -2.19. The number of phenols is 1. The van der Waals surface area contributed by atoms with Gasteiger partial charge in [-0.05, 0) is 56.7 Å². The highest BCUT2D eigenvalue weighted by molar-refractivity contribution is 7.99. The summed E-state index contributed by atoms with van der Waals surface area (Å²) in [5, 5.41) is 25.4. The summed E-state index contributed by atoms with van der Waals surface area (Å²) in [6.45, 7) is 15.8. The molecule has 2 aromatic heterocycles. The smallest absolute Gasteiger partial charge is 0.223 e. The first-order chi connectivity index (χ1) is 20.9.